The lowest BCUT2D eigenvalue weighted by molar-refractivity contribution is -0.123. The van der Waals surface area contributed by atoms with Gasteiger partial charge < -0.3 is 10.6 Å². The molecule has 3 atom stereocenters. The minimum absolute atomic E-state index is 0.334. The van der Waals surface area contributed by atoms with Crippen molar-refractivity contribution in [3.8, 4) is 0 Å². The first-order valence-electron chi connectivity index (χ1n) is 6.35. The zero-order valence-corrected chi connectivity index (χ0v) is 9.17. The van der Waals surface area contributed by atoms with Crippen LogP contribution in [0.4, 0.5) is 0 Å². The van der Waals surface area contributed by atoms with E-state index in [9.17, 15) is 4.79 Å². The van der Waals surface area contributed by atoms with Crippen molar-refractivity contribution in [3.63, 3.8) is 0 Å². The Morgan fingerprint density at radius 1 is 1.27 bits per heavy atom. The summed E-state index contributed by atoms with van der Waals surface area (Å²) in [5.41, 5.74) is 0. The Bertz CT molecular complexity index is 256. The fourth-order valence-electron chi connectivity index (χ4n) is 2.84. The third-order valence-electron chi connectivity index (χ3n) is 4.05. The molecule has 3 aliphatic rings. The zero-order chi connectivity index (χ0) is 10.3. The quantitative estimate of drug-likeness (QED) is 0.723. The summed E-state index contributed by atoms with van der Waals surface area (Å²) in [7, 11) is 0. The van der Waals surface area contributed by atoms with Gasteiger partial charge >= 0.3 is 0 Å². The lowest BCUT2D eigenvalue weighted by Gasteiger charge is -2.23. The number of hydrogen-bond donors (Lipinski definition) is 2. The SMILES string of the molecule is O=C(N[C@H]1CCCNC1)C1CC1C1CC1. The standard InChI is InChI=1S/C12H20N2O/c15-12(11-6-10(11)8-3-4-8)14-9-2-1-5-13-7-9/h8-11,13H,1-7H2,(H,14,15)/t9-,10?,11?/m0/s1. The summed E-state index contributed by atoms with van der Waals surface area (Å²) in [4.78, 5) is 11.9. The number of rotatable bonds is 3. The molecule has 84 valence electrons. The van der Waals surface area contributed by atoms with E-state index < -0.39 is 0 Å². The molecule has 3 heteroatoms. The molecular weight excluding hydrogens is 188 g/mol. The van der Waals surface area contributed by atoms with Crippen molar-refractivity contribution in [2.75, 3.05) is 13.1 Å². The van der Waals surface area contributed by atoms with Crippen molar-refractivity contribution in [2.24, 2.45) is 17.8 Å². The highest BCUT2D eigenvalue weighted by atomic mass is 16.2. The smallest absolute Gasteiger partial charge is 0.223 e. The van der Waals surface area contributed by atoms with Crippen LogP contribution in [0, 0.1) is 17.8 Å². The molecule has 3 rings (SSSR count). The topological polar surface area (TPSA) is 41.1 Å². The molecule has 3 fully saturated rings. The van der Waals surface area contributed by atoms with Crippen LogP contribution in [0.5, 0.6) is 0 Å². The van der Waals surface area contributed by atoms with Gasteiger partial charge in [0.15, 0.2) is 0 Å². The van der Waals surface area contributed by atoms with Gasteiger partial charge in [0.25, 0.3) is 0 Å². The normalized spacial score (nSPS) is 39.9. The van der Waals surface area contributed by atoms with Crippen LogP contribution in [-0.2, 0) is 4.79 Å². The predicted molar refractivity (Wildman–Crippen MR) is 58.4 cm³/mol. The molecule has 0 aromatic carbocycles. The second kappa shape index (κ2) is 3.78. The molecule has 15 heavy (non-hydrogen) atoms. The summed E-state index contributed by atoms with van der Waals surface area (Å²) in [6.07, 6.45) is 6.26. The lowest BCUT2D eigenvalue weighted by Crippen LogP contribution is -2.46. The molecular formula is C12H20N2O. The molecule has 0 aromatic heterocycles. The van der Waals surface area contributed by atoms with Gasteiger partial charge in [0.05, 0.1) is 0 Å². The van der Waals surface area contributed by atoms with E-state index in [-0.39, 0.29) is 0 Å². The minimum atomic E-state index is 0.334. The molecule has 1 saturated heterocycles. The van der Waals surface area contributed by atoms with E-state index >= 15 is 0 Å². The number of carbonyl (C=O) groups is 1. The van der Waals surface area contributed by atoms with E-state index in [1.807, 2.05) is 0 Å². The highest BCUT2D eigenvalue weighted by Gasteiger charge is 2.51. The largest absolute Gasteiger partial charge is 0.352 e. The van der Waals surface area contributed by atoms with Gasteiger partial charge in [-0.2, -0.15) is 0 Å². The van der Waals surface area contributed by atoms with Gasteiger partial charge in [0.2, 0.25) is 5.91 Å². The van der Waals surface area contributed by atoms with Gasteiger partial charge in [-0.3, -0.25) is 4.79 Å². The van der Waals surface area contributed by atoms with Crippen LogP contribution < -0.4 is 10.6 Å². The molecule has 1 heterocycles. The van der Waals surface area contributed by atoms with Gasteiger partial charge in [-0.25, -0.2) is 0 Å². The molecule has 1 amide bonds. The molecule has 1 aliphatic heterocycles. The number of carbonyl (C=O) groups excluding carboxylic acids is 1. The lowest BCUT2D eigenvalue weighted by atomic mass is 10.1. The van der Waals surface area contributed by atoms with Crippen molar-refractivity contribution >= 4 is 5.91 Å². The first-order valence-corrected chi connectivity index (χ1v) is 6.35. The second-order valence-electron chi connectivity index (χ2n) is 5.40. The zero-order valence-electron chi connectivity index (χ0n) is 9.17. The summed E-state index contributed by atoms with van der Waals surface area (Å²) in [6, 6.07) is 0.395. The molecule has 2 aliphatic carbocycles. The highest BCUT2D eigenvalue weighted by molar-refractivity contribution is 5.82. The predicted octanol–water partition coefficient (Wildman–Crippen LogP) is 0.901. The average Bonchev–Trinajstić information content (AvgIpc) is 3.11. The van der Waals surface area contributed by atoms with Crippen LogP contribution in [0.15, 0.2) is 0 Å². The van der Waals surface area contributed by atoms with E-state index in [4.69, 9.17) is 0 Å². The minimum Gasteiger partial charge on any atom is -0.352 e. The Morgan fingerprint density at radius 3 is 2.80 bits per heavy atom. The molecule has 0 spiro atoms. The highest BCUT2D eigenvalue weighted by Crippen LogP contribution is 2.54. The molecule has 0 bridgehead atoms. The van der Waals surface area contributed by atoms with Crippen LogP contribution in [0.2, 0.25) is 0 Å². The fraction of sp³-hybridized carbons (Fsp3) is 0.917. The Hall–Kier alpha value is -0.570. The first-order chi connectivity index (χ1) is 7.34. The molecule has 0 radical (unpaired) electrons. The van der Waals surface area contributed by atoms with Crippen molar-refractivity contribution in [2.45, 2.75) is 38.1 Å². The van der Waals surface area contributed by atoms with E-state index in [0.29, 0.717) is 17.9 Å². The number of hydrogen-bond acceptors (Lipinski definition) is 2. The second-order valence-corrected chi connectivity index (χ2v) is 5.40. The summed E-state index contributed by atoms with van der Waals surface area (Å²) >= 11 is 0. The van der Waals surface area contributed by atoms with Crippen molar-refractivity contribution < 1.29 is 4.79 Å². The van der Waals surface area contributed by atoms with Crippen LogP contribution >= 0.6 is 0 Å². The molecule has 2 saturated carbocycles. The number of piperidine rings is 1. The van der Waals surface area contributed by atoms with E-state index in [1.54, 1.807) is 0 Å². The van der Waals surface area contributed by atoms with Crippen molar-refractivity contribution in [1.82, 2.24) is 10.6 Å². The van der Waals surface area contributed by atoms with Gasteiger partial charge in [-0.05, 0) is 50.5 Å². The molecule has 0 aromatic rings. The Balaban J connectivity index is 1.44. The Labute approximate surface area is 91.0 Å². The maximum Gasteiger partial charge on any atom is 0.223 e. The van der Waals surface area contributed by atoms with Gasteiger partial charge in [0.1, 0.15) is 0 Å². The summed E-state index contributed by atoms with van der Waals surface area (Å²) in [6.45, 7) is 2.08. The van der Waals surface area contributed by atoms with Gasteiger partial charge in [0, 0.05) is 18.5 Å². The maximum atomic E-state index is 11.9. The van der Waals surface area contributed by atoms with Gasteiger partial charge in [-0.1, -0.05) is 0 Å². The fourth-order valence-corrected chi connectivity index (χ4v) is 2.84. The van der Waals surface area contributed by atoms with Gasteiger partial charge in [-0.15, -0.1) is 0 Å². The van der Waals surface area contributed by atoms with E-state index in [2.05, 4.69) is 10.6 Å². The summed E-state index contributed by atoms with van der Waals surface area (Å²) < 4.78 is 0. The molecule has 2 N–H and O–H groups in total. The Morgan fingerprint density at radius 2 is 2.13 bits per heavy atom. The monoisotopic (exact) mass is 208 g/mol. The maximum absolute atomic E-state index is 11.9. The van der Waals surface area contributed by atoms with Crippen LogP contribution in [0.25, 0.3) is 0 Å². The van der Waals surface area contributed by atoms with Crippen LogP contribution in [0.1, 0.15) is 32.1 Å². The van der Waals surface area contributed by atoms with Crippen LogP contribution in [0.3, 0.4) is 0 Å². The van der Waals surface area contributed by atoms with E-state index in [1.165, 1.54) is 19.3 Å². The third kappa shape index (κ3) is 2.17. The van der Waals surface area contributed by atoms with Crippen molar-refractivity contribution in [1.29, 1.82) is 0 Å². The van der Waals surface area contributed by atoms with E-state index in [0.717, 1.165) is 37.8 Å². The van der Waals surface area contributed by atoms with Crippen LogP contribution in [-0.4, -0.2) is 25.0 Å². The Kier molecular flexibility index (Phi) is 2.43. The number of nitrogens with one attached hydrogen (secondary N) is 2. The number of amides is 1. The third-order valence-corrected chi connectivity index (χ3v) is 4.05. The van der Waals surface area contributed by atoms with Crippen molar-refractivity contribution in [3.05, 3.63) is 0 Å². The molecule has 2 unspecified atom stereocenters. The first kappa shape index (κ1) is 9.64. The average molecular weight is 208 g/mol. The summed E-state index contributed by atoms with van der Waals surface area (Å²) in [5, 5.41) is 6.52. The molecule has 3 nitrogen and oxygen atoms in total. The summed E-state index contributed by atoms with van der Waals surface area (Å²) in [5.74, 6) is 2.37.